The molecule has 1 saturated heterocycles. The molecule has 0 aromatic rings. The van der Waals surface area contributed by atoms with E-state index in [0.29, 0.717) is 13.0 Å². The van der Waals surface area contributed by atoms with E-state index in [4.69, 9.17) is 9.47 Å². The molecule has 2 aliphatic heterocycles. The summed E-state index contributed by atoms with van der Waals surface area (Å²) < 4.78 is 10.3. The van der Waals surface area contributed by atoms with Gasteiger partial charge in [0.15, 0.2) is 0 Å². The second-order valence-corrected chi connectivity index (χ2v) is 8.25. The summed E-state index contributed by atoms with van der Waals surface area (Å²) in [5, 5.41) is 0. The van der Waals surface area contributed by atoms with Crippen molar-refractivity contribution in [2.45, 2.75) is 78.7 Å². The molecule has 0 aliphatic carbocycles. The number of esters is 2. The fourth-order valence-corrected chi connectivity index (χ4v) is 3.47. The molecule has 0 amide bonds. The molecular formula is C25H34O4. The first-order chi connectivity index (χ1) is 13.8. The third kappa shape index (κ3) is 8.68. The fourth-order valence-electron chi connectivity index (χ4n) is 3.47. The molecule has 4 heteroatoms. The number of carbonyl (C=O) groups excluding carboxylic acids is 2. The van der Waals surface area contributed by atoms with Crippen molar-refractivity contribution in [2.24, 2.45) is 0 Å². The first kappa shape index (κ1) is 22.9. The molecule has 1 atom stereocenters. The van der Waals surface area contributed by atoms with Crippen LogP contribution < -0.4 is 0 Å². The molecule has 0 N–H and O–H groups in total. The Morgan fingerprint density at radius 3 is 2.38 bits per heavy atom. The third-order valence-corrected chi connectivity index (χ3v) is 5.10. The summed E-state index contributed by atoms with van der Waals surface area (Å²) in [4.78, 5) is 22.9. The Morgan fingerprint density at radius 2 is 1.72 bits per heavy atom. The van der Waals surface area contributed by atoms with Crippen LogP contribution in [0.25, 0.3) is 0 Å². The zero-order chi connectivity index (χ0) is 21.2. The molecule has 4 nitrogen and oxygen atoms in total. The monoisotopic (exact) mass is 398 g/mol. The van der Waals surface area contributed by atoms with E-state index in [-0.39, 0.29) is 18.0 Å². The van der Waals surface area contributed by atoms with Crippen molar-refractivity contribution in [3.63, 3.8) is 0 Å². The summed E-state index contributed by atoms with van der Waals surface area (Å²) in [6.45, 7) is 8.81. The van der Waals surface area contributed by atoms with Crippen LogP contribution in [0.15, 0.2) is 58.2 Å². The molecule has 158 valence electrons. The van der Waals surface area contributed by atoms with Gasteiger partial charge in [-0.2, -0.15) is 0 Å². The van der Waals surface area contributed by atoms with Gasteiger partial charge in [0.05, 0.1) is 0 Å². The van der Waals surface area contributed by atoms with E-state index in [1.54, 1.807) is 6.08 Å². The molecule has 1 unspecified atom stereocenters. The average molecular weight is 399 g/mol. The summed E-state index contributed by atoms with van der Waals surface area (Å²) in [7, 11) is 0. The topological polar surface area (TPSA) is 52.6 Å². The Kier molecular flexibility index (Phi) is 9.17. The van der Waals surface area contributed by atoms with Crippen LogP contribution in [0.3, 0.4) is 0 Å². The van der Waals surface area contributed by atoms with Gasteiger partial charge in [0.2, 0.25) is 0 Å². The summed E-state index contributed by atoms with van der Waals surface area (Å²) in [6.07, 6.45) is 16.6. The molecule has 0 aromatic heterocycles. The van der Waals surface area contributed by atoms with E-state index in [1.165, 1.54) is 16.7 Å². The van der Waals surface area contributed by atoms with E-state index in [2.05, 4.69) is 26.0 Å². The maximum atomic E-state index is 11.9. The molecule has 0 radical (unpaired) electrons. The standard InChI is InChI=1S/C25H34O4/c1-18(2)14-23-16-22(25(27)29-23)13-7-11-20(4)9-5-8-19(3)10-6-12-21-15-24(26)28-17-21/h9-10,13-15,23H,5-8,11-12,16-17H2,1-4H3/b19-10+,20-9+,22-13-. The maximum absolute atomic E-state index is 11.9. The van der Waals surface area contributed by atoms with E-state index in [0.717, 1.165) is 49.7 Å². The minimum atomic E-state index is -0.213. The Balaban J connectivity index is 1.66. The Hall–Kier alpha value is -2.36. The van der Waals surface area contributed by atoms with Gasteiger partial charge in [0.1, 0.15) is 12.7 Å². The van der Waals surface area contributed by atoms with Crippen LogP contribution in [-0.4, -0.2) is 24.6 Å². The largest absolute Gasteiger partial charge is 0.458 e. The van der Waals surface area contributed by atoms with E-state index < -0.39 is 0 Å². The Labute approximate surface area is 175 Å². The lowest BCUT2D eigenvalue weighted by atomic mass is 10.0. The average Bonchev–Trinajstić information content (AvgIpc) is 3.20. The van der Waals surface area contributed by atoms with Crippen LogP contribution in [0.1, 0.15) is 72.6 Å². The molecular weight excluding hydrogens is 364 g/mol. The lowest BCUT2D eigenvalue weighted by Gasteiger charge is -2.02. The number of carbonyl (C=O) groups is 2. The molecule has 0 bridgehead atoms. The Bertz CT molecular complexity index is 758. The van der Waals surface area contributed by atoms with E-state index in [1.807, 2.05) is 26.0 Å². The zero-order valence-electron chi connectivity index (χ0n) is 18.3. The van der Waals surface area contributed by atoms with Crippen LogP contribution in [0.5, 0.6) is 0 Å². The first-order valence-corrected chi connectivity index (χ1v) is 10.6. The molecule has 29 heavy (non-hydrogen) atoms. The zero-order valence-corrected chi connectivity index (χ0v) is 18.3. The highest BCUT2D eigenvalue weighted by molar-refractivity contribution is 5.90. The molecule has 2 heterocycles. The number of cyclic esters (lactones) is 2. The van der Waals surface area contributed by atoms with Gasteiger partial charge < -0.3 is 9.47 Å². The predicted molar refractivity (Wildman–Crippen MR) is 116 cm³/mol. The molecule has 1 fully saturated rings. The quantitative estimate of drug-likeness (QED) is 0.261. The van der Waals surface area contributed by atoms with Crippen LogP contribution in [-0.2, 0) is 19.1 Å². The van der Waals surface area contributed by atoms with Crippen molar-refractivity contribution < 1.29 is 19.1 Å². The number of rotatable bonds is 10. The molecule has 2 aliphatic rings. The van der Waals surface area contributed by atoms with Crippen molar-refractivity contribution in [1.29, 1.82) is 0 Å². The summed E-state index contributed by atoms with van der Waals surface area (Å²) in [5.74, 6) is -0.381. The first-order valence-electron chi connectivity index (χ1n) is 10.6. The van der Waals surface area contributed by atoms with Crippen LogP contribution >= 0.6 is 0 Å². The second kappa shape index (κ2) is 11.6. The summed E-state index contributed by atoms with van der Waals surface area (Å²) >= 11 is 0. The van der Waals surface area contributed by atoms with Crippen LogP contribution in [0.2, 0.25) is 0 Å². The van der Waals surface area contributed by atoms with Crippen molar-refractivity contribution in [2.75, 3.05) is 6.61 Å². The number of allylic oxidation sites excluding steroid dienone is 6. The normalized spacial score (nSPS) is 21.3. The molecule has 2 rings (SSSR count). The van der Waals surface area contributed by atoms with Crippen molar-refractivity contribution in [3.8, 4) is 0 Å². The molecule has 0 saturated carbocycles. The summed E-state index contributed by atoms with van der Waals surface area (Å²) in [5.41, 5.74) is 5.80. The van der Waals surface area contributed by atoms with Gasteiger partial charge in [-0.05, 0) is 77.9 Å². The Morgan fingerprint density at radius 1 is 1.03 bits per heavy atom. The minimum absolute atomic E-state index is 0.0943. The van der Waals surface area contributed by atoms with Gasteiger partial charge in [0, 0.05) is 18.1 Å². The van der Waals surface area contributed by atoms with E-state index in [9.17, 15) is 9.59 Å². The third-order valence-electron chi connectivity index (χ3n) is 5.10. The van der Waals surface area contributed by atoms with Crippen LogP contribution in [0, 0.1) is 0 Å². The lowest BCUT2D eigenvalue weighted by Crippen LogP contribution is -2.02. The van der Waals surface area contributed by atoms with E-state index >= 15 is 0 Å². The van der Waals surface area contributed by atoms with Gasteiger partial charge in [-0.25, -0.2) is 9.59 Å². The van der Waals surface area contributed by atoms with Gasteiger partial charge in [-0.15, -0.1) is 0 Å². The fraction of sp³-hybridized carbons (Fsp3) is 0.520. The highest BCUT2D eigenvalue weighted by atomic mass is 16.5. The molecule has 0 aromatic carbocycles. The van der Waals surface area contributed by atoms with Crippen molar-refractivity contribution in [3.05, 3.63) is 58.2 Å². The molecule has 0 spiro atoms. The predicted octanol–water partition coefficient (Wildman–Crippen LogP) is 5.91. The van der Waals surface area contributed by atoms with Crippen molar-refractivity contribution >= 4 is 11.9 Å². The van der Waals surface area contributed by atoms with Crippen molar-refractivity contribution in [1.82, 2.24) is 0 Å². The highest BCUT2D eigenvalue weighted by Gasteiger charge is 2.26. The number of hydrogen-bond donors (Lipinski definition) is 0. The van der Waals surface area contributed by atoms with Gasteiger partial charge in [-0.1, -0.05) is 34.9 Å². The van der Waals surface area contributed by atoms with Gasteiger partial charge in [-0.3, -0.25) is 0 Å². The second-order valence-electron chi connectivity index (χ2n) is 8.25. The number of ether oxygens (including phenoxy) is 2. The highest BCUT2D eigenvalue weighted by Crippen LogP contribution is 2.23. The smallest absolute Gasteiger partial charge is 0.334 e. The van der Waals surface area contributed by atoms with Gasteiger partial charge in [0.25, 0.3) is 0 Å². The van der Waals surface area contributed by atoms with Crippen LogP contribution in [0.4, 0.5) is 0 Å². The SMILES string of the molecule is CC(C)=CC1C/C(=C/CC/C(C)=C/CC/C(C)=C/CCC2=CC(=O)OC2)C(=O)O1. The number of hydrogen-bond acceptors (Lipinski definition) is 4. The minimum Gasteiger partial charge on any atom is -0.458 e. The maximum Gasteiger partial charge on any atom is 0.334 e. The van der Waals surface area contributed by atoms with Gasteiger partial charge >= 0.3 is 11.9 Å². The summed E-state index contributed by atoms with van der Waals surface area (Å²) in [6, 6.07) is 0. The lowest BCUT2D eigenvalue weighted by molar-refractivity contribution is -0.137.